The molecule has 0 spiro atoms. The summed E-state index contributed by atoms with van der Waals surface area (Å²) in [6.45, 7) is 8.45. The number of amides is 1. The second kappa shape index (κ2) is 8.95. The highest BCUT2D eigenvalue weighted by Crippen LogP contribution is 2.19. The Morgan fingerprint density at radius 1 is 1.11 bits per heavy atom. The van der Waals surface area contributed by atoms with Crippen molar-refractivity contribution in [1.82, 2.24) is 4.90 Å². The summed E-state index contributed by atoms with van der Waals surface area (Å²) in [5, 5.41) is 8.82. The second-order valence-corrected chi connectivity index (χ2v) is 4.85. The quantitative estimate of drug-likeness (QED) is 0.691. The molecule has 1 atom stereocenters. The molecule has 0 aromatic carbocycles. The van der Waals surface area contributed by atoms with Crippen LogP contribution >= 0.6 is 0 Å². The minimum absolute atomic E-state index is 0.0184. The van der Waals surface area contributed by atoms with Gasteiger partial charge in [-0.3, -0.25) is 9.59 Å². The normalized spacial score (nSPS) is 12.5. The number of rotatable bonds is 9. The lowest BCUT2D eigenvalue weighted by Crippen LogP contribution is -2.43. The van der Waals surface area contributed by atoms with Crippen molar-refractivity contribution in [1.29, 1.82) is 0 Å². The Labute approximate surface area is 110 Å². The fourth-order valence-electron chi connectivity index (χ4n) is 2.37. The van der Waals surface area contributed by atoms with Crippen LogP contribution in [0, 0.1) is 5.92 Å². The molecule has 0 saturated carbocycles. The van der Waals surface area contributed by atoms with Gasteiger partial charge in [0.2, 0.25) is 5.91 Å². The SMILES string of the molecule is CCCC(CCC)C(=O)N(CC)C(C)CC(=O)O. The molecule has 4 heteroatoms. The lowest BCUT2D eigenvalue weighted by Gasteiger charge is -2.30. The maximum absolute atomic E-state index is 12.4. The molecule has 0 saturated heterocycles. The van der Waals surface area contributed by atoms with Gasteiger partial charge in [0.05, 0.1) is 6.42 Å². The van der Waals surface area contributed by atoms with E-state index in [4.69, 9.17) is 5.11 Å². The van der Waals surface area contributed by atoms with Gasteiger partial charge in [0.25, 0.3) is 0 Å². The molecule has 0 heterocycles. The number of carbonyl (C=O) groups is 2. The molecular formula is C14H27NO3. The average Bonchev–Trinajstić information content (AvgIpc) is 2.28. The summed E-state index contributed by atoms with van der Waals surface area (Å²) in [5.41, 5.74) is 0. The fourth-order valence-corrected chi connectivity index (χ4v) is 2.37. The van der Waals surface area contributed by atoms with Crippen LogP contribution in [-0.4, -0.2) is 34.5 Å². The van der Waals surface area contributed by atoms with Crippen molar-refractivity contribution in [2.24, 2.45) is 5.92 Å². The molecule has 18 heavy (non-hydrogen) atoms. The minimum Gasteiger partial charge on any atom is -0.481 e. The summed E-state index contributed by atoms with van der Waals surface area (Å²) < 4.78 is 0. The maximum Gasteiger partial charge on any atom is 0.305 e. The summed E-state index contributed by atoms with van der Waals surface area (Å²) in [5.74, 6) is -0.678. The summed E-state index contributed by atoms with van der Waals surface area (Å²) >= 11 is 0. The molecular weight excluding hydrogens is 230 g/mol. The van der Waals surface area contributed by atoms with E-state index in [9.17, 15) is 9.59 Å². The first-order chi connectivity index (χ1) is 8.47. The average molecular weight is 257 g/mol. The highest BCUT2D eigenvalue weighted by molar-refractivity contribution is 5.80. The summed E-state index contributed by atoms with van der Waals surface area (Å²) in [6.07, 6.45) is 3.78. The standard InChI is InChI=1S/C14H27NO3/c1-5-8-12(9-6-2)14(18)15(7-3)11(4)10-13(16)17/h11-12H,5-10H2,1-4H3,(H,16,17). The fraction of sp³-hybridized carbons (Fsp3) is 0.857. The third kappa shape index (κ3) is 5.52. The van der Waals surface area contributed by atoms with Gasteiger partial charge < -0.3 is 10.0 Å². The number of hydrogen-bond acceptors (Lipinski definition) is 2. The predicted molar refractivity (Wildman–Crippen MR) is 72.4 cm³/mol. The van der Waals surface area contributed by atoms with E-state index in [-0.39, 0.29) is 24.3 Å². The van der Waals surface area contributed by atoms with Crippen LogP contribution in [0.2, 0.25) is 0 Å². The third-order valence-corrected chi connectivity index (χ3v) is 3.25. The van der Waals surface area contributed by atoms with E-state index in [0.29, 0.717) is 6.54 Å². The lowest BCUT2D eigenvalue weighted by atomic mass is 9.96. The van der Waals surface area contributed by atoms with Crippen LogP contribution in [-0.2, 0) is 9.59 Å². The van der Waals surface area contributed by atoms with Crippen molar-refractivity contribution in [3.8, 4) is 0 Å². The van der Waals surface area contributed by atoms with E-state index in [1.807, 2.05) is 13.8 Å². The van der Waals surface area contributed by atoms with E-state index in [2.05, 4.69) is 13.8 Å². The zero-order valence-corrected chi connectivity index (χ0v) is 12.1. The smallest absolute Gasteiger partial charge is 0.305 e. The molecule has 1 amide bonds. The molecule has 1 N–H and O–H groups in total. The summed E-state index contributed by atoms with van der Waals surface area (Å²) in [4.78, 5) is 24.9. The zero-order valence-electron chi connectivity index (χ0n) is 12.1. The van der Waals surface area contributed by atoms with Crippen molar-refractivity contribution in [3.63, 3.8) is 0 Å². The molecule has 106 valence electrons. The van der Waals surface area contributed by atoms with Crippen LogP contribution < -0.4 is 0 Å². The van der Waals surface area contributed by atoms with E-state index in [1.54, 1.807) is 4.90 Å². The van der Waals surface area contributed by atoms with E-state index in [0.717, 1.165) is 25.7 Å². The first-order valence-corrected chi connectivity index (χ1v) is 7.00. The van der Waals surface area contributed by atoms with Crippen molar-refractivity contribution in [2.45, 2.75) is 65.8 Å². The molecule has 0 rings (SSSR count). The van der Waals surface area contributed by atoms with Crippen molar-refractivity contribution < 1.29 is 14.7 Å². The number of carboxylic acid groups (broad SMARTS) is 1. The number of carbonyl (C=O) groups excluding carboxylic acids is 1. The minimum atomic E-state index is -0.851. The van der Waals surface area contributed by atoms with Gasteiger partial charge in [0.15, 0.2) is 0 Å². The van der Waals surface area contributed by atoms with Crippen LogP contribution in [0.25, 0.3) is 0 Å². The Bertz CT molecular complexity index is 260. The molecule has 0 aliphatic carbocycles. The number of aliphatic carboxylic acids is 1. The summed E-state index contributed by atoms with van der Waals surface area (Å²) in [6, 6.07) is -0.226. The van der Waals surface area contributed by atoms with Crippen LogP contribution in [0.3, 0.4) is 0 Å². The maximum atomic E-state index is 12.4. The zero-order chi connectivity index (χ0) is 14.1. The number of hydrogen-bond donors (Lipinski definition) is 1. The van der Waals surface area contributed by atoms with Gasteiger partial charge in [-0.05, 0) is 26.7 Å². The molecule has 0 aliphatic heterocycles. The first-order valence-electron chi connectivity index (χ1n) is 7.00. The molecule has 0 fully saturated rings. The largest absolute Gasteiger partial charge is 0.481 e. The Morgan fingerprint density at radius 2 is 1.61 bits per heavy atom. The topological polar surface area (TPSA) is 57.6 Å². The van der Waals surface area contributed by atoms with Gasteiger partial charge in [0, 0.05) is 18.5 Å². The van der Waals surface area contributed by atoms with Crippen molar-refractivity contribution >= 4 is 11.9 Å². The number of nitrogens with zero attached hydrogens (tertiary/aromatic N) is 1. The monoisotopic (exact) mass is 257 g/mol. The molecule has 0 aromatic rings. The lowest BCUT2D eigenvalue weighted by molar-refractivity contribution is -0.142. The van der Waals surface area contributed by atoms with Gasteiger partial charge >= 0.3 is 5.97 Å². The Morgan fingerprint density at radius 3 is 1.94 bits per heavy atom. The van der Waals surface area contributed by atoms with Gasteiger partial charge in [-0.25, -0.2) is 0 Å². The third-order valence-electron chi connectivity index (χ3n) is 3.25. The van der Waals surface area contributed by atoms with Crippen molar-refractivity contribution in [3.05, 3.63) is 0 Å². The summed E-state index contributed by atoms with van der Waals surface area (Å²) in [7, 11) is 0. The van der Waals surface area contributed by atoms with Gasteiger partial charge in [-0.2, -0.15) is 0 Å². The van der Waals surface area contributed by atoms with Gasteiger partial charge in [-0.1, -0.05) is 26.7 Å². The van der Waals surface area contributed by atoms with Crippen LogP contribution in [0.1, 0.15) is 59.8 Å². The van der Waals surface area contributed by atoms with Crippen molar-refractivity contribution in [2.75, 3.05) is 6.54 Å². The number of carboxylic acids is 1. The molecule has 0 aromatic heterocycles. The molecule has 1 unspecified atom stereocenters. The van der Waals surface area contributed by atoms with Gasteiger partial charge in [0.1, 0.15) is 0 Å². The van der Waals surface area contributed by atoms with E-state index < -0.39 is 5.97 Å². The highest BCUT2D eigenvalue weighted by atomic mass is 16.4. The highest BCUT2D eigenvalue weighted by Gasteiger charge is 2.26. The Balaban J connectivity index is 4.68. The van der Waals surface area contributed by atoms with E-state index in [1.165, 1.54) is 0 Å². The predicted octanol–water partition coefficient (Wildman–Crippen LogP) is 2.91. The molecule has 0 aliphatic rings. The van der Waals surface area contributed by atoms with Gasteiger partial charge in [-0.15, -0.1) is 0 Å². The van der Waals surface area contributed by atoms with Crippen LogP contribution in [0.15, 0.2) is 0 Å². The van der Waals surface area contributed by atoms with Crippen LogP contribution in [0.4, 0.5) is 0 Å². The molecule has 0 bridgehead atoms. The van der Waals surface area contributed by atoms with E-state index >= 15 is 0 Å². The Hall–Kier alpha value is -1.06. The Kier molecular flexibility index (Phi) is 8.42. The van der Waals surface area contributed by atoms with Crippen LogP contribution in [0.5, 0.6) is 0 Å². The first kappa shape index (κ1) is 16.9. The molecule has 0 radical (unpaired) electrons. The second-order valence-electron chi connectivity index (χ2n) is 4.85. The molecule has 4 nitrogen and oxygen atoms in total.